The molecule has 1 fully saturated rings. The summed E-state index contributed by atoms with van der Waals surface area (Å²) in [5.74, 6) is -2.49. The number of hydrogen-bond acceptors (Lipinski definition) is 13. The Kier molecular flexibility index (Phi) is 14.0. The molecule has 4 aromatic rings. The van der Waals surface area contributed by atoms with Crippen molar-refractivity contribution in [3.63, 3.8) is 0 Å². The number of nitrogens with zero attached hydrogens (tertiary/aromatic N) is 3. The topological polar surface area (TPSA) is 236 Å². The maximum absolute atomic E-state index is 14.0. The normalized spacial score (nSPS) is 16.5. The summed E-state index contributed by atoms with van der Waals surface area (Å²) in [4.78, 5) is 83.1. The zero-order valence-corrected chi connectivity index (χ0v) is 36.9. The number of likely N-dealkylation sites (N-methyl/N-ethyl adjacent to an activating group) is 1. The molecule has 1 saturated heterocycles. The van der Waals surface area contributed by atoms with Crippen molar-refractivity contribution < 1.29 is 43.0 Å². The molecule has 1 atom stereocenters. The largest absolute Gasteiger partial charge is 0.382 e. The van der Waals surface area contributed by atoms with Gasteiger partial charge in [0.25, 0.3) is 11.8 Å². The van der Waals surface area contributed by atoms with Gasteiger partial charge in [0.2, 0.25) is 17.7 Å². The number of H-pyrrole nitrogens is 1. The van der Waals surface area contributed by atoms with E-state index < -0.39 is 35.1 Å². The molecule has 1 unspecified atom stereocenters. The Morgan fingerprint density at radius 2 is 1.71 bits per heavy atom. The third-order valence-corrected chi connectivity index (χ3v) is 12.1. The molecule has 0 spiro atoms. The van der Waals surface area contributed by atoms with Gasteiger partial charge in [0.1, 0.15) is 6.04 Å². The monoisotopic (exact) mass is 884 g/mol. The van der Waals surface area contributed by atoms with Gasteiger partial charge in [-0.15, -0.1) is 0 Å². The molecular formula is C48H52N8O9. The molecule has 338 valence electrons. The van der Waals surface area contributed by atoms with Gasteiger partial charge in [0, 0.05) is 77.8 Å². The fraction of sp³-hybridized carbons (Fsp3) is 0.375. The summed E-state index contributed by atoms with van der Waals surface area (Å²) >= 11 is 0. The Bertz CT molecular complexity index is 2660. The number of allylic oxidation sites excluding steroid dienone is 1. The van der Waals surface area contributed by atoms with Crippen molar-refractivity contribution in [1.82, 2.24) is 25.4 Å². The molecule has 3 aliphatic rings. The van der Waals surface area contributed by atoms with E-state index in [1.54, 1.807) is 42.4 Å². The molecule has 65 heavy (non-hydrogen) atoms. The SMILES string of the molecule is CCc1cc2c(cc1/C(C=N)=C/NCC(=O)N(C)CCOCCOCCOCCNc1cccc3c1C(=O)N(C1CCC(=O)NC1=O)C3=O)C(C)(C)c1[nH]c3cc(C#N)ccc3c1C2=O. The molecule has 17 heteroatoms. The van der Waals surface area contributed by atoms with E-state index in [-0.39, 0.29) is 42.2 Å². The van der Waals surface area contributed by atoms with E-state index in [0.717, 1.165) is 38.2 Å². The standard InChI is InChI=1S/C48H52N8O9/c1-5-29-22-34-35(48(2,3)44-42(43(34)59)31-10-9-28(24-49)21-37(31)53-44)23-33(29)30(25-50)26-51-27-40(58)55(4)14-16-64-18-20-65-19-17-63-15-13-52-36-8-6-7-32-41(36)47(62)56(46(32)61)38-11-12-39(57)54-45(38)60/h6-10,21-23,25-26,38,50-53H,5,11-20,27H2,1-4H3,(H,54,57,60)/b30-26+,50-25?. The highest BCUT2D eigenvalue weighted by molar-refractivity contribution is 6.25. The van der Waals surface area contributed by atoms with Gasteiger partial charge < -0.3 is 40.1 Å². The summed E-state index contributed by atoms with van der Waals surface area (Å²) in [6.07, 6.45) is 3.65. The second-order valence-electron chi connectivity index (χ2n) is 16.5. The highest BCUT2D eigenvalue weighted by Crippen LogP contribution is 2.45. The summed E-state index contributed by atoms with van der Waals surface area (Å²) in [7, 11) is 1.69. The maximum atomic E-state index is 14.0. The first-order valence-electron chi connectivity index (χ1n) is 21.6. The summed E-state index contributed by atoms with van der Waals surface area (Å²) < 4.78 is 16.9. The zero-order valence-electron chi connectivity index (χ0n) is 36.9. The van der Waals surface area contributed by atoms with Crippen molar-refractivity contribution in [2.75, 3.05) is 71.6 Å². The smallest absolute Gasteiger partial charge is 0.264 e. The second kappa shape index (κ2) is 19.8. The first-order valence-corrected chi connectivity index (χ1v) is 21.6. The van der Waals surface area contributed by atoms with Crippen molar-refractivity contribution in [3.05, 3.63) is 105 Å². The molecule has 1 aromatic heterocycles. The van der Waals surface area contributed by atoms with Crippen LogP contribution in [0.5, 0.6) is 0 Å². The van der Waals surface area contributed by atoms with Crippen LogP contribution in [0.2, 0.25) is 0 Å². The van der Waals surface area contributed by atoms with Crippen LogP contribution in [0.3, 0.4) is 0 Å². The second-order valence-corrected chi connectivity index (χ2v) is 16.5. The molecule has 1 aliphatic carbocycles. The van der Waals surface area contributed by atoms with E-state index in [9.17, 15) is 34.0 Å². The summed E-state index contributed by atoms with van der Waals surface area (Å²) in [6.45, 7) is 8.71. The third kappa shape index (κ3) is 9.32. The van der Waals surface area contributed by atoms with E-state index in [2.05, 4.69) is 40.9 Å². The van der Waals surface area contributed by atoms with Crippen molar-refractivity contribution in [2.45, 2.75) is 51.5 Å². The van der Waals surface area contributed by atoms with Crippen LogP contribution in [-0.4, -0.2) is 129 Å². The number of aryl methyl sites for hydroxylation is 1. The van der Waals surface area contributed by atoms with Gasteiger partial charge in [-0.2, -0.15) is 5.26 Å². The number of rotatable bonds is 20. The predicted octanol–water partition coefficient (Wildman–Crippen LogP) is 4.07. The molecule has 3 heterocycles. The lowest BCUT2D eigenvalue weighted by molar-refractivity contribution is -0.136. The molecule has 0 radical (unpaired) electrons. The van der Waals surface area contributed by atoms with E-state index in [0.29, 0.717) is 87.1 Å². The molecule has 0 bridgehead atoms. The lowest BCUT2D eigenvalue weighted by Crippen LogP contribution is -2.54. The number of anilines is 1. The first-order chi connectivity index (χ1) is 31.3. The lowest BCUT2D eigenvalue weighted by Gasteiger charge is -2.33. The van der Waals surface area contributed by atoms with Crippen LogP contribution in [0.25, 0.3) is 16.5 Å². The Morgan fingerprint density at radius 3 is 2.42 bits per heavy atom. The number of hydrogen-bond donors (Lipinski definition) is 5. The van der Waals surface area contributed by atoms with Crippen molar-refractivity contribution in [3.8, 4) is 6.07 Å². The molecule has 17 nitrogen and oxygen atoms in total. The van der Waals surface area contributed by atoms with E-state index in [1.165, 1.54) is 12.3 Å². The Morgan fingerprint density at radius 1 is 0.969 bits per heavy atom. The van der Waals surface area contributed by atoms with Gasteiger partial charge in [0.15, 0.2) is 5.78 Å². The Hall–Kier alpha value is -7.00. The number of ether oxygens (including phenoxy) is 3. The number of aromatic nitrogens is 1. The molecule has 3 aromatic carbocycles. The van der Waals surface area contributed by atoms with E-state index in [4.69, 9.17) is 19.6 Å². The van der Waals surface area contributed by atoms with Crippen LogP contribution < -0.4 is 16.0 Å². The first kappa shape index (κ1) is 46.0. The van der Waals surface area contributed by atoms with Crippen molar-refractivity contribution >= 4 is 63.7 Å². The Labute approximate surface area is 376 Å². The number of imide groups is 2. The Balaban J connectivity index is 0.798. The minimum atomic E-state index is -1.04. The van der Waals surface area contributed by atoms with Crippen LogP contribution in [0, 0.1) is 16.7 Å². The van der Waals surface area contributed by atoms with Crippen molar-refractivity contribution in [1.29, 1.82) is 10.7 Å². The summed E-state index contributed by atoms with van der Waals surface area (Å²) in [6, 6.07) is 15.2. The maximum Gasteiger partial charge on any atom is 0.264 e. The van der Waals surface area contributed by atoms with Gasteiger partial charge in [-0.1, -0.05) is 32.9 Å². The number of carbonyl (C=O) groups excluding carboxylic acids is 6. The van der Waals surface area contributed by atoms with Gasteiger partial charge in [-0.25, -0.2) is 0 Å². The zero-order chi connectivity index (χ0) is 46.4. The minimum Gasteiger partial charge on any atom is -0.382 e. The van der Waals surface area contributed by atoms with E-state index in [1.807, 2.05) is 25.1 Å². The van der Waals surface area contributed by atoms with Gasteiger partial charge in [-0.05, 0) is 65.9 Å². The average molecular weight is 885 g/mol. The average Bonchev–Trinajstić information content (AvgIpc) is 3.81. The number of piperidine rings is 1. The molecule has 2 aliphatic heterocycles. The van der Waals surface area contributed by atoms with Gasteiger partial charge in [-0.3, -0.25) is 39.0 Å². The number of ketones is 1. The molecule has 0 saturated carbocycles. The lowest BCUT2D eigenvalue weighted by atomic mass is 9.70. The number of carbonyl (C=O) groups is 6. The number of fused-ring (bicyclic) bond motifs is 5. The predicted molar refractivity (Wildman–Crippen MR) is 241 cm³/mol. The highest BCUT2D eigenvalue weighted by atomic mass is 16.5. The third-order valence-electron chi connectivity index (χ3n) is 12.1. The van der Waals surface area contributed by atoms with Crippen LogP contribution in [-0.2, 0) is 40.4 Å². The number of nitrogens with one attached hydrogen (secondary N) is 5. The van der Waals surface area contributed by atoms with E-state index >= 15 is 0 Å². The van der Waals surface area contributed by atoms with Crippen LogP contribution in [0.1, 0.15) is 98.2 Å². The van der Waals surface area contributed by atoms with Gasteiger partial charge in [0.05, 0.1) is 74.5 Å². The fourth-order valence-corrected chi connectivity index (χ4v) is 8.52. The fourth-order valence-electron chi connectivity index (χ4n) is 8.52. The number of benzene rings is 3. The molecule has 7 rings (SSSR count). The van der Waals surface area contributed by atoms with Crippen LogP contribution in [0.15, 0.2) is 54.7 Å². The molecule has 5 amide bonds. The number of aromatic amines is 1. The number of amides is 5. The molecule has 5 N–H and O–H groups in total. The quantitative estimate of drug-likeness (QED) is 0.0480. The summed E-state index contributed by atoms with van der Waals surface area (Å²) in [5.41, 5.74) is 6.62. The summed E-state index contributed by atoms with van der Waals surface area (Å²) in [5, 5.41) is 26.9. The van der Waals surface area contributed by atoms with Crippen LogP contribution >= 0.6 is 0 Å². The van der Waals surface area contributed by atoms with Crippen LogP contribution in [0.4, 0.5) is 5.69 Å². The molecular weight excluding hydrogens is 833 g/mol. The van der Waals surface area contributed by atoms with Crippen molar-refractivity contribution in [2.24, 2.45) is 0 Å². The van der Waals surface area contributed by atoms with Gasteiger partial charge >= 0.3 is 0 Å². The number of nitriles is 1. The highest BCUT2D eigenvalue weighted by Gasteiger charge is 2.46. The minimum absolute atomic E-state index is 0.000466.